The number of carbonyl (C=O) groups is 1. The van der Waals surface area contributed by atoms with Crippen LogP contribution in [0.5, 0.6) is 5.75 Å². The molecular formula is C13H19NO2. The molecule has 0 aliphatic rings. The predicted molar refractivity (Wildman–Crippen MR) is 64.9 cm³/mol. The number of hydrogen-bond donors (Lipinski definition) is 1. The second-order valence-corrected chi connectivity index (χ2v) is 3.54. The summed E-state index contributed by atoms with van der Waals surface area (Å²) >= 11 is 0. The first-order chi connectivity index (χ1) is 7.79. The van der Waals surface area contributed by atoms with Gasteiger partial charge in [-0.3, -0.25) is 4.79 Å². The molecule has 0 saturated carbocycles. The van der Waals surface area contributed by atoms with Crippen LogP contribution in [0.15, 0.2) is 24.3 Å². The van der Waals surface area contributed by atoms with Crippen LogP contribution >= 0.6 is 0 Å². The van der Waals surface area contributed by atoms with Crippen LogP contribution in [0.1, 0.15) is 37.0 Å². The van der Waals surface area contributed by atoms with Crippen LogP contribution in [0.3, 0.4) is 0 Å². The minimum absolute atomic E-state index is 0.0579. The van der Waals surface area contributed by atoms with E-state index in [0.29, 0.717) is 17.9 Å². The molecule has 1 rings (SSSR count). The van der Waals surface area contributed by atoms with Gasteiger partial charge in [-0.05, 0) is 25.5 Å². The number of amides is 1. The smallest absolute Gasteiger partial charge is 0.255 e. The van der Waals surface area contributed by atoms with Gasteiger partial charge in [0.1, 0.15) is 5.75 Å². The quantitative estimate of drug-likeness (QED) is 0.750. The molecule has 1 aromatic carbocycles. The van der Waals surface area contributed by atoms with Crippen molar-refractivity contribution in [2.45, 2.75) is 26.7 Å². The molecular weight excluding hydrogens is 202 g/mol. The lowest BCUT2D eigenvalue weighted by Gasteiger charge is -2.09. The van der Waals surface area contributed by atoms with Crippen molar-refractivity contribution in [3.05, 3.63) is 29.8 Å². The Kier molecular flexibility index (Phi) is 5.40. The summed E-state index contributed by atoms with van der Waals surface area (Å²) in [4.78, 5) is 11.8. The van der Waals surface area contributed by atoms with Crippen LogP contribution in [-0.4, -0.2) is 19.1 Å². The molecule has 0 saturated heterocycles. The fourth-order valence-electron chi connectivity index (χ4n) is 1.41. The van der Waals surface area contributed by atoms with Gasteiger partial charge in [-0.1, -0.05) is 25.5 Å². The number of ether oxygens (including phenoxy) is 1. The number of hydrogen-bond acceptors (Lipinski definition) is 2. The number of benzene rings is 1. The molecule has 3 heteroatoms. The van der Waals surface area contributed by atoms with E-state index in [2.05, 4.69) is 12.2 Å². The van der Waals surface area contributed by atoms with Gasteiger partial charge >= 0.3 is 0 Å². The molecule has 0 fully saturated rings. The average molecular weight is 221 g/mol. The second kappa shape index (κ2) is 6.88. The van der Waals surface area contributed by atoms with Crippen LogP contribution in [0.4, 0.5) is 0 Å². The molecule has 0 heterocycles. The molecule has 0 aromatic heterocycles. The van der Waals surface area contributed by atoms with Crippen molar-refractivity contribution in [1.82, 2.24) is 5.32 Å². The molecule has 1 N–H and O–H groups in total. The van der Waals surface area contributed by atoms with Crippen molar-refractivity contribution in [1.29, 1.82) is 0 Å². The summed E-state index contributed by atoms with van der Waals surface area (Å²) < 4.78 is 5.40. The summed E-state index contributed by atoms with van der Waals surface area (Å²) in [5.74, 6) is 0.594. The monoisotopic (exact) mass is 221 g/mol. The summed E-state index contributed by atoms with van der Waals surface area (Å²) in [6.07, 6.45) is 2.08. The molecule has 16 heavy (non-hydrogen) atoms. The van der Waals surface area contributed by atoms with Gasteiger partial charge in [0.15, 0.2) is 0 Å². The zero-order valence-corrected chi connectivity index (χ0v) is 9.95. The number of rotatable bonds is 6. The van der Waals surface area contributed by atoms with Crippen molar-refractivity contribution in [2.75, 3.05) is 13.2 Å². The van der Waals surface area contributed by atoms with Crippen LogP contribution in [0.2, 0.25) is 0 Å². The van der Waals surface area contributed by atoms with Gasteiger partial charge in [0.25, 0.3) is 5.91 Å². The Labute approximate surface area is 96.8 Å². The Balaban J connectivity index is 2.66. The minimum atomic E-state index is -0.0579. The molecule has 0 spiro atoms. The lowest BCUT2D eigenvalue weighted by molar-refractivity contribution is 0.0949. The Bertz CT molecular complexity index is 336. The SMILES string of the molecule is CCCCNC(=O)c1ccccc1OCC. The van der Waals surface area contributed by atoms with Crippen LogP contribution in [0, 0.1) is 0 Å². The first-order valence-electron chi connectivity index (χ1n) is 5.79. The van der Waals surface area contributed by atoms with E-state index in [1.807, 2.05) is 25.1 Å². The van der Waals surface area contributed by atoms with Crippen molar-refractivity contribution >= 4 is 5.91 Å². The van der Waals surface area contributed by atoms with Gasteiger partial charge in [0.05, 0.1) is 12.2 Å². The second-order valence-electron chi connectivity index (χ2n) is 3.54. The average Bonchev–Trinajstić information content (AvgIpc) is 2.30. The van der Waals surface area contributed by atoms with Crippen LogP contribution < -0.4 is 10.1 Å². The maximum atomic E-state index is 11.8. The van der Waals surface area contributed by atoms with Gasteiger partial charge in [-0.25, -0.2) is 0 Å². The highest BCUT2D eigenvalue weighted by molar-refractivity contribution is 5.96. The normalized spacial score (nSPS) is 9.88. The Morgan fingerprint density at radius 2 is 2.06 bits per heavy atom. The molecule has 1 aromatic rings. The first-order valence-corrected chi connectivity index (χ1v) is 5.79. The summed E-state index contributed by atoms with van der Waals surface area (Å²) in [5, 5.41) is 2.88. The molecule has 0 unspecified atom stereocenters. The van der Waals surface area contributed by atoms with Gasteiger partial charge in [-0.15, -0.1) is 0 Å². The third kappa shape index (κ3) is 3.57. The van der Waals surface area contributed by atoms with Gasteiger partial charge < -0.3 is 10.1 Å². The molecule has 0 aliphatic carbocycles. The standard InChI is InChI=1S/C13H19NO2/c1-3-5-10-14-13(15)11-8-6-7-9-12(11)16-4-2/h6-9H,3-5,10H2,1-2H3,(H,14,15). The molecule has 88 valence electrons. The molecule has 0 bridgehead atoms. The lowest BCUT2D eigenvalue weighted by atomic mass is 10.2. The molecule has 3 nitrogen and oxygen atoms in total. The Morgan fingerprint density at radius 1 is 1.31 bits per heavy atom. The van der Waals surface area contributed by atoms with E-state index >= 15 is 0 Å². The predicted octanol–water partition coefficient (Wildman–Crippen LogP) is 2.62. The summed E-state index contributed by atoms with van der Waals surface area (Å²) in [6, 6.07) is 7.32. The maximum Gasteiger partial charge on any atom is 0.255 e. The minimum Gasteiger partial charge on any atom is -0.493 e. The Hall–Kier alpha value is -1.51. The third-order valence-electron chi connectivity index (χ3n) is 2.25. The fourth-order valence-corrected chi connectivity index (χ4v) is 1.41. The van der Waals surface area contributed by atoms with E-state index in [0.717, 1.165) is 19.4 Å². The summed E-state index contributed by atoms with van der Waals surface area (Å²) in [7, 11) is 0. The number of nitrogens with one attached hydrogen (secondary N) is 1. The molecule has 0 aliphatic heterocycles. The highest BCUT2D eigenvalue weighted by Crippen LogP contribution is 2.17. The first kappa shape index (κ1) is 12.6. The zero-order chi connectivity index (χ0) is 11.8. The van der Waals surface area contributed by atoms with Crippen LogP contribution in [-0.2, 0) is 0 Å². The van der Waals surface area contributed by atoms with Crippen molar-refractivity contribution in [2.24, 2.45) is 0 Å². The maximum absolute atomic E-state index is 11.8. The van der Waals surface area contributed by atoms with Crippen molar-refractivity contribution in [3.8, 4) is 5.75 Å². The summed E-state index contributed by atoms with van der Waals surface area (Å²) in [5.41, 5.74) is 0.612. The zero-order valence-electron chi connectivity index (χ0n) is 9.95. The van der Waals surface area contributed by atoms with E-state index in [1.54, 1.807) is 6.07 Å². The van der Waals surface area contributed by atoms with E-state index in [1.165, 1.54) is 0 Å². The van der Waals surface area contributed by atoms with Crippen LogP contribution in [0.25, 0.3) is 0 Å². The van der Waals surface area contributed by atoms with Gasteiger partial charge in [0, 0.05) is 6.54 Å². The van der Waals surface area contributed by atoms with Crippen molar-refractivity contribution in [3.63, 3.8) is 0 Å². The highest BCUT2D eigenvalue weighted by Gasteiger charge is 2.10. The third-order valence-corrected chi connectivity index (χ3v) is 2.25. The Morgan fingerprint density at radius 3 is 2.75 bits per heavy atom. The topological polar surface area (TPSA) is 38.3 Å². The number of unbranched alkanes of at least 4 members (excludes halogenated alkanes) is 1. The largest absolute Gasteiger partial charge is 0.493 e. The number of para-hydroxylation sites is 1. The highest BCUT2D eigenvalue weighted by atomic mass is 16.5. The van der Waals surface area contributed by atoms with E-state index < -0.39 is 0 Å². The summed E-state index contributed by atoms with van der Waals surface area (Å²) in [6.45, 7) is 5.29. The van der Waals surface area contributed by atoms with E-state index in [9.17, 15) is 4.79 Å². The fraction of sp³-hybridized carbons (Fsp3) is 0.462. The van der Waals surface area contributed by atoms with E-state index in [4.69, 9.17) is 4.74 Å². The molecule has 1 amide bonds. The van der Waals surface area contributed by atoms with Crippen molar-refractivity contribution < 1.29 is 9.53 Å². The number of carbonyl (C=O) groups excluding carboxylic acids is 1. The lowest BCUT2D eigenvalue weighted by Crippen LogP contribution is -2.24. The van der Waals surface area contributed by atoms with Gasteiger partial charge in [0.2, 0.25) is 0 Å². The molecule has 0 atom stereocenters. The molecule has 0 radical (unpaired) electrons. The van der Waals surface area contributed by atoms with Gasteiger partial charge in [-0.2, -0.15) is 0 Å². The van der Waals surface area contributed by atoms with E-state index in [-0.39, 0.29) is 5.91 Å².